The van der Waals surface area contributed by atoms with Crippen molar-refractivity contribution in [2.45, 2.75) is 27.7 Å². The second-order valence-corrected chi connectivity index (χ2v) is 6.53. The second-order valence-electron chi connectivity index (χ2n) is 6.53. The molecule has 0 unspecified atom stereocenters. The fourth-order valence-electron chi connectivity index (χ4n) is 2.93. The molecule has 1 heterocycles. The fraction of sp³-hybridized carbons (Fsp3) is 0.273. The Morgan fingerprint density at radius 1 is 0.815 bits per heavy atom. The van der Waals surface area contributed by atoms with Crippen LogP contribution in [0.4, 0.5) is 28.8 Å². The topological polar surface area (TPSA) is 53.1 Å². The molecule has 0 spiro atoms. The van der Waals surface area contributed by atoms with E-state index < -0.39 is 0 Å². The summed E-state index contributed by atoms with van der Waals surface area (Å²) in [6.07, 6.45) is 1.75. The van der Waals surface area contributed by atoms with Gasteiger partial charge in [-0.1, -0.05) is 6.07 Å². The van der Waals surface area contributed by atoms with Crippen LogP contribution in [0.3, 0.4) is 0 Å². The van der Waals surface area contributed by atoms with E-state index in [1.807, 2.05) is 12.1 Å². The molecule has 27 heavy (non-hydrogen) atoms. The maximum absolute atomic E-state index is 4.56. The molecule has 0 saturated heterocycles. The molecule has 0 amide bonds. The Morgan fingerprint density at radius 3 is 2.19 bits per heavy atom. The average Bonchev–Trinajstić information content (AvgIpc) is 2.67. The summed E-state index contributed by atoms with van der Waals surface area (Å²) >= 11 is 0. The van der Waals surface area contributed by atoms with Gasteiger partial charge < -0.3 is 15.5 Å². The third-order valence-corrected chi connectivity index (χ3v) is 4.69. The summed E-state index contributed by atoms with van der Waals surface area (Å²) in [7, 11) is 0. The maximum Gasteiger partial charge on any atom is 0.229 e. The molecule has 1 aromatic heterocycles. The zero-order valence-electron chi connectivity index (χ0n) is 16.5. The molecular formula is C22H27N5. The van der Waals surface area contributed by atoms with Crippen LogP contribution in [0.5, 0.6) is 0 Å². The van der Waals surface area contributed by atoms with Crippen LogP contribution in [0, 0.1) is 13.8 Å². The van der Waals surface area contributed by atoms with Crippen molar-refractivity contribution in [3.8, 4) is 0 Å². The number of hydrogen-bond acceptors (Lipinski definition) is 5. The largest absolute Gasteiger partial charge is 0.372 e. The predicted octanol–water partition coefficient (Wildman–Crippen LogP) is 5.43. The van der Waals surface area contributed by atoms with Gasteiger partial charge >= 0.3 is 0 Å². The number of anilines is 5. The van der Waals surface area contributed by atoms with Crippen LogP contribution in [0.1, 0.15) is 25.0 Å². The summed E-state index contributed by atoms with van der Waals surface area (Å²) in [6.45, 7) is 10.5. The zero-order chi connectivity index (χ0) is 19.2. The van der Waals surface area contributed by atoms with E-state index >= 15 is 0 Å². The van der Waals surface area contributed by atoms with E-state index in [0.29, 0.717) is 5.95 Å². The van der Waals surface area contributed by atoms with Crippen molar-refractivity contribution in [2.75, 3.05) is 28.6 Å². The van der Waals surface area contributed by atoms with Gasteiger partial charge in [-0.2, -0.15) is 4.98 Å². The van der Waals surface area contributed by atoms with Gasteiger partial charge in [0, 0.05) is 36.3 Å². The minimum absolute atomic E-state index is 0.572. The van der Waals surface area contributed by atoms with Crippen LogP contribution in [0.25, 0.3) is 0 Å². The van der Waals surface area contributed by atoms with Gasteiger partial charge in [0.25, 0.3) is 0 Å². The highest BCUT2D eigenvalue weighted by Crippen LogP contribution is 2.22. The first-order chi connectivity index (χ1) is 13.1. The van der Waals surface area contributed by atoms with Crippen molar-refractivity contribution in [3.63, 3.8) is 0 Å². The number of nitrogens with zero attached hydrogens (tertiary/aromatic N) is 3. The number of hydrogen-bond donors (Lipinski definition) is 2. The molecule has 2 aromatic carbocycles. The molecule has 0 atom stereocenters. The van der Waals surface area contributed by atoms with Gasteiger partial charge in [0.15, 0.2) is 0 Å². The molecule has 5 nitrogen and oxygen atoms in total. The molecule has 0 aliphatic heterocycles. The summed E-state index contributed by atoms with van der Waals surface area (Å²) in [5.41, 5.74) is 5.72. The Bertz CT molecular complexity index is 885. The maximum atomic E-state index is 4.56. The Morgan fingerprint density at radius 2 is 1.52 bits per heavy atom. The number of nitrogens with one attached hydrogen (secondary N) is 2. The van der Waals surface area contributed by atoms with E-state index in [1.165, 1.54) is 16.8 Å². The predicted molar refractivity (Wildman–Crippen MR) is 115 cm³/mol. The van der Waals surface area contributed by atoms with Gasteiger partial charge in [-0.15, -0.1) is 0 Å². The van der Waals surface area contributed by atoms with E-state index in [2.05, 4.69) is 89.6 Å². The standard InChI is InChI=1S/C22H27N5/c1-5-27(6-2)20-11-9-18(10-12-20)24-21-13-14-23-22(26-21)25-19-8-7-16(3)17(4)15-19/h7-15H,5-6H2,1-4H3,(H2,23,24,25,26). The lowest BCUT2D eigenvalue weighted by atomic mass is 10.1. The molecule has 0 aliphatic carbocycles. The molecule has 3 aromatic rings. The first kappa shape index (κ1) is 18.7. The highest BCUT2D eigenvalue weighted by Gasteiger charge is 2.04. The van der Waals surface area contributed by atoms with Crippen molar-refractivity contribution >= 4 is 28.8 Å². The fourth-order valence-corrected chi connectivity index (χ4v) is 2.93. The Labute approximate surface area is 161 Å². The van der Waals surface area contributed by atoms with Crippen molar-refractivity contribution in [3.05, 3.63) is 65.9 Å². The van der Waals surface area contributed by atoms with E-state index in [0.717, 1.165) is 30.3 Å². The minimum Gasteiger partial charge on any atom is -0.372 e. The summed E-state index contributed by atoms with van der Waals surface area (Å²) in [5, 5.41) is 6.61. The Balaban J connectivity index is 1.71. The number of rotatable bonds is 7. The van der Waals surface area contributed by atoms with E-state index in [9.17, 15) is 0 Å². The molecule has 0 bridgehead atoms. The minimum atomic E-state index is 0.572. The van der Waals surface area contributed by atoms with Crippen molar-refractivity contribution in [1.82, 2.24) is 9.97 Å². The molecule has 3 rings (SSSR count). The first-order valence-corrected chi connectivity index (χ1v) is 9.38. The number of aromatic nitrogens is 2. The lowest BCUT2D eigenvalue weighted by Gasteiger charge is -2.21. The lowest BCUT2D eigenvalue weighted by molar-refractivity contribution is 0.866. The monoisotopic (exact) mass is 361 g/mol. The smallest absolute Gasteiger partial charge is 0.229 e. The number of benzene rings is 2. The van der Waals surface area contributed by atoms with Gasteiger partial charge in [-0.25, -0.2) is 4.98 Å². The average molecular weight is 361 g/mol. The highest BCUT2D eigenvalue weighted by molar-refractivity contribution is 5.62. The highest BCUT2D eigenvalue weighted by atomic mass is 15.1. The first-order valence-electron chi connectivity index (χ1n) is 9.38. The van der Waals surface area contributed by atoms with Crippen LogP contribution in [-0.4, -0.2) is 23.1 Å². The van der Waals surface area contributed by atoms with Crippen LogP contribution in [-0.2, 0) is 0 Å². The SMILES string of the molecule is CCN(CC)c1ccc(Nc2ccnc(Nc3ccc(C)c(C)c3)n2)cc1. The van der Waals surface area contributed by atoms with Crippen molar-refractivity contribution < 1.29 is 0 Å². The third kappa shape index (κ3) is 4.76. The van der Waals surface area contributed by atoms with E-state index in [4.69, 9.17) is 0 Å². The van der Waals surface area contributed by atoms with Gasteiger partial charge in [-0.3, -0.25) is 0 Å². The van der Waals surface area contributed by atoms with Gasteiger partial charge in [0.2, 0.25) is 5.95 Å². The normalized spacial score (nSPS) is 10.5. The van der Waals surface area contributed by atoms with Gasteiger partial charge in [-0.05, 0) is 81.3 Å². The zero-order valence-corrected chi connectivity index (χ0v) is 16.5. The van der Waals surface area contributed by atoms with Crippen LogP contribution >= 0.6 is 0 Å². The summed E-state index contributed by atoms with van der Waals surface area (Å²) in [4.78, 5) is 11.2. The van der Waals surface area contributed by atoms with Crippen molar-refractivity contribution in [1.29, 1.82) is 0 Å². The molecule has 0 aliphatic rings. The van der Waals surface area contributed by atoms with Gasteiger partial charge in [0.05, 0.1) is 0 Å². The van der Waals surface area contributed by atoms with Crippen LogP contribution in [0.2, 0.25) is 0 Å². The molecule has 0 fully saturated rings. The Hall–Kier alpha value is -3.08. The molecule has 0 saturated carbocycles. The van der Waals surface area contributed by atoms with E-state index in [1.54, 1.807) is 6.20 Å². The molecule has 2 N–H and O–H groups in total. The molecule has 140 valence electrons. The van der Waals surface area contributed by atoms with Crippen LogP contribution in [0.15, 0.2) is 54.7 Å². The number of aryl methyl sites for hydroxylation is 2. The quantitative estimate of drug-likeness (QED) is 0.588. The van der Waals surface area contributed by atoms with Gasteiger partial charge in [0.1, 0.15) is 5.82 Å². The van der Waals surface area contributed by atoms with Crippen LogP contribution < -0.4 is 15.5 Å². The summed E-state index contributed by atoms with van der Waals surface area (Å²) < 4.78 is 0. The summed E-state index contributed by atoms with van der Waals surface area (Å²) in [5.74, 6) is 1.33. The molecule has 0 radical (unpaired) electrons. The Kier molecular flexibility index (Phi) is 5.91. The molecular weight excluding hydrogens is 334 g/mol. The third-order valence-electron chi connectivity index (χ3n) is 4.69. The second kappa shape index (κ2) is 8.54. The molecule has 5 heteroatoms. The summed E-state index contributed by atoms with van der Waals surface area (Å²) in [6, 6.07) is 16.5. The van der Waals surface area contributed by atoms with E-state index in [-0.39, 0.29) is 0 Å². The van der Waals surface area contributed by atoms with Crippen molar-refractivity contribution in [2.24, 2.45) is 0 Å². The lowest BCUT2D eigenvalue weighted by Crippen LogP contribution is -2.21.